The summed E-state index contributed by atoms with van der Waals surface area (Å²) in [6.07, 6.45) is -0.337. The van der Waals surface area contributed by atoms with Gasteiger partial charge in [-0.25, -0.2) is 0 Å². The number of nitrogens with zero attached hydrogens (tertiary/aromatic N) is 3. The van der Waals surface area contributed by atoms with Gasteiger partial charge in [0, 0.05) is 16.0 Å². The fourth-order valence-corrected chi connectivity index (χ4v) is 2.48. The van der Waals surface area contributed by atoms with Gasteiger partial charge < -0.3 is 9.84 Å². The summed E-state index contributed by atoms with van der Waals surface area (Å²) in [4.78, 5) is 2.88. The van der Waals surface area contributed by atoms with Gasteiger partial charge in [-0.15, -0.1) is 0 Å². The number of azide groups is 1. The number of hydrogen-bond acceptors (Lipinski definition) is 3. The molecule has 0 bridgehead atoms. The Hall–Kier alpha value is -1.07. The van der Waals surface area contributed by atoms with Crippen molar-refractivity contribution < 1.29 is 9.84 Å². The molecule has 17 heavy (non-hydrogen) atoms. The van der Waals surface area contributed by atoms with Gasteiger partial charge in [-0.3, -0.25) is 0 Å². The van der Waals surface area contributed by atoms with Crippen LogP contribution in [0.25, 0.3) is 10.4 Å². The zero-order valence-corrected chi connectivity index (χ0v) is 10.7. The summed E-state index contributed by atoms with van der Waals surface area (Å²) in [6, 6.07) is 7.46. The van der Waals surface area contributed by atoms with E-state index in [9.17, 15) is 5.11 Å². The normalized spacial score (nSPS) is 28.5. The Bertz CT molecular complexity index is 462. The van der Waals surface area contributed by atoms with Gasteiger partial charge in [-0.1, -0.05) is 33.2 Å². The summed E-state index contributed by atoms with van der Waals surface area (Å²) in [7, 11) is 0. The summed E-state index contributed by atoms with van der Waals surface area (Å²) in [6.45, 7) is 0.661. The van der Waals surface area contributed by atoms with E-state index in [4.69, 9.17) is 10.3 Å². The number of halogens is 1. The quantitative estimate of drug-likeness (QED) is 0.517. The third kappa shape index (κ3) is 2.30. The number of ether oxygens (including phenoxy) is 1. The average Bonchev–Trinajstić information content (AvgIpc) is 2.32. The van der Waals surface area contributed by atoms with Gasteiger partial charge in [0.05, 0.1) is 12.7 Å². The first kappa shape index (κ1) is 12.4. The summed E-state index contributed by atoms with van der Waals surface area (Å²) in [5.41, 5.74) is 8.61. The lowest BCUT2D eigenvalue weighted by Crippen LogP contribution is -2.45. The molecule has 1 aromatic rings. The molecule has 1 aromatic carbocycles. The van der Waals surface area contributed by atoms with Crippen molar-refractivity contribution in [1.29, 1.82) is 0 Å². The average molecular weight is 298 g/mol. The number of rotatable bonds is 2. The number of benzene rings is 1. The Kier molecular flexibility index (Phi) is 3.69. The van der Waals surface area contributed by atoms with E-state index >= 15 is 0 Å². The monoisotopic (exact) mass is 297 g/mol. The highest BCUT2D eigenvalue weighted by Gasteiger charge is 2.41. The van der Waals surface area contributed by atoms with Crippen molar-refractivity contribution in [1.82, 2.24) is 0 Å². The Morgan fingerprint density at radius 1 is 1.59 bits per heavy atom. The van der Waals surface area contributed by atoms with Gasteiger partial charge in [0.1, 0.15) is 5.54 Å². The minimum absolute atomic E-state index is 0.186. The Morgan fingerprint density at radius 3 is 3.06 bits per heavy atom. The van der Waals surface area contributed by atoms with E-state index in [-0.39, 0.29) is 6.61 Å². The van der Waals surface area contributed by atoms with Crippen molar-refractivity contribution >= 4 is 15.9 Å². The van der Waals surface area contributed by atoms with Crippen LogP contribution < -0.4 is 0 Å². The largest absolute Gasteiger partial charge is 0.390 e. The van der Waals surface area contributed by atoms with Crippen molar-refractivity contribution in [2.75, 3.05) is 13.2 Å². The highest BCUT2D eigenvalue weighted by atomic mass is 79.9. The third-order valence-corrected chi connectivity index (χ3v) is 3.50. The van der Waals surface area contributed by atoms with Gasteiger partial charge in [-0.2, -0.15) is 0 Å². The van der Waals surface area contributed by atoms with Gasteiger partial charge in [0.2, 0.25) is 0 Å². The predicted molar refractivity (Wildman–Crippen MR) is 66.4 cm³/mol. The van der Waals surface area contributed by atoms with Crippen LogP contribution in [0.1, 0.15) is 12.0 Å². The lowest BCUT2D eigenvalue weighted by Gasteiger charge is -2.37. The first-order chi connectivity index (χ1) is 8.19. The summed E-state index contributed by atoms with van der Waals surface area (Å²) >= 11 is 3.38. The number of aliphatic hydroxyl groups excluding tert-OH is 1. The highest BCUT2D eigenvalue weighted by molar-refractivity contribution is 9.10. The van der Waals surface area contributed by atoms with Crippen molar-refractivity contribution in [2.24, 2.45) is 5.11 Å². The Labute approximate surface area is 107 Å². The molecule has 1 fully saturated rings. The first-order valence-electron chi connectivity index (χ1n) is 5.27. The second-order valence-corrected chi connectivity index (χ2v) is 4.88. The minimum atomic E-state index is -0.920. The topological polar surface area (TPSA) is 78.2 Å². The Balaban J connectivity index is 2.50. The smallest absolute Gasteiger partial charge is 0.104 e. The molecule has 2 atom stereocenters. The molecule has 0 aromatic heterocycles. The molecule has 0 spiro atoms. The van der Waals surface area contributed by atoms with E-state index in [1.807, 2.05) is 24.3 Å². The van der Waals surface area contributed by atoms with Crippen molar-refractivity contribution in [3.63, 3.8) is 0 Å². The molecule has 2 unspecified atom stereocenters. The fourth-order valence-electron chi connectivity index (χ4n) is 2.08. The zero-order chi connectivity index (χ0) is 12.3. The molecule has 0 aliphatic carbocycles. The molecule has 1 N–H and O–H groups in total. The van der Waals surface area contributed by atoms with Crippen molar-refractivity contribution in [3.05, 3.63) is 44.7 Å². The van der Waals surface area contributed by atoms with Crippen LogP contribution in [0, 0.1) is 0 Å². The van der Waals surface area contributed by atoms with E-state index in [0.717, 1.165) is 10.0 Å². The fraction of sp³-hybridized carbons (Fsp3) is 0.455. The van der Waals surface area contributed by atoms with Gasteiger partial charge in [-0.05, 0) is 29.6 Å². The van der Waals surface area contributed by atoms with E-state index in [1.54, 1.807) is 0 Å². The summed E-state index contributed by atoms with van der Waals surface area (Å²) in [5.74, 6) is 0. The van der Waals surface area contributed by atoms with Crippen molar-refractivity contribution in [3.8, 4) is 0 Å². The molecule has 1 aliphatic rings. The van der Waals surface area contributed by atoms with Crippen LogP contribution >= 0.6 is 15.9 Å². The van der Waals surface area contributed by atoms with Crippen LogP contribution in [0.3, 0.4) is 0 Å². The maximum absolute atomic E-state index is 10.1. The maximum atomic E-state index is 10.1. The van der Waals surface area contributed by atoms with Gasteiger partial charge in [0.15, 0.2) is 0 Å². The van der Waals surface area contributed by atoms with Crippen molar-refractivity contribution in [2.45, 2.75) is 18.1 Å². The van der Waals surface area contributed by atoms with E-state index < -0.39 is 11.6 Å². The molecular weight excluding hydrogens is 286 g/mol. The Morgan fingerprint density at radius 2 is 2.41 bits per heavy atom. The van der Waals surface area contributed by atoms with E-state index in [2.05, 4.69) is 26.0 Å². The molecule has 1 saturated heterocycles. The lowest BCUT2D eigenvalue weighted by atomic mass is 9.81. The van der Waals surface area contributed by atoms with Crippen LogP contribution in [-0.4, -0.2) is 24.4 Å². The SMILES string of the molecule is [N-]=[N+]=NC1(c2cccc(Br)c2)CCOCC1O. The number of hydrogen-bond donors (Lipinski definition) is 1. The van der Waals surface area contributed by atoms with E-state index in [1.165, 1.54) is 0 Å². The molecule has 1 aliphatic heterocycles. The molecule has 0 radical (unpaired) electrons. The molecule has 2 rings (SSSR count). The van der Waals surface area contributed by atoms with Crippen LogP contribution in [0.2, 0.25) is 0 Å². The zero-order valence-electron chi connectivity index (χ0n) is 9.08. The molecule has 0 amide bonds. The molecule has 0 saturated carbocycles. The lowest BCUT2D eigenvalue weighted by molar-refractivity contribution is -0.0592. The standard InChI is InChI=1S/C11H12BrN3O2/c12-9-3-1-2-8(6-9)11(14-15-13)4-5-17-7-10(11)16/h1-3,6,10,16H,4-5,7H2. The first-order valence-corrected chi connectivity index (χ1v) is 6.06. The second-order valence-electron chi connectivity index (χ2n) is 3.96. The molecule has 5 nitrogen and oxygen atoms in total. The predicted octanol–water partition coefficient (Wildman–Crippen LogP) is 2.74. The molecule has 1 heterocycles. The van der Waals surface area contributed by atoms with Crippen LogP contribution in [0.5, 0.6) is 0 Å². The second kappa shape index (κ2) is 5.06. The minimum Gasteiger partial charge on any atom is -0.390 e. The third-order valence-electron chi connectivity index (χ3n) is 3.00. The molecular formula is C11H12BrN3O2. The highest BCUT2D eigenvalue weighted by Crippen LogP contribution is 2.37. The van der Waals surface area contributed by atoms with Gasteiger partial charge >= 0.3 is 0 Å². The van der Waals surface area contributed by atoms with Gasteiger partial charge in [0.25, 0.3) is 0 Å². The van der Waals surface area contributed by atoms with Crippen LogP contribution in [0.15, 0.2) is 33.9 Å². The summed E-state index contributed by atoms with van der Waals surface area (Å²) in [5, 5.41) is 13.9. The number of aliphatic hydroxyl groups is 1. The van der Waals surface area contributed by atoms with Crippen LogP contribution in [-0.2, 0) is 10.3 Å². The molecule has 90 valence electrons. The van der Waals surface area contributed by atoms with Crippen LogP contribution in [0.4, 0.5) is 0 Å². The maximum Gasteiger partial charge on any atom is 0.104 e. The van der Waals surface area contributed by atoms with E-state index in [0.29, 0.717) is 13.0 Å². The molecule has 6 heteroatoms. The summed E-state index contributed by atoms with van der Waals surface area (Å²) < 4.78 is 6.08.